The largest absolute Gasteiger partial charge is 0.406 e. The van der Waals surface area contributed by atoms with Crippen molar-refractivity contribution in [2.45, 2.75) is 38.8 Å². The maximum Gasteiger partial charge on any atom is 0.315 e. The molecule has 2 rings (SSSR count). The molecule has 2 heterocycles. The van der Waals surface area contributed by atoms with Gasteiger partial charge in [-0.2, -0.15) is 11.3 Å². The van der Waals surface area contributed by atoms with Gasteiger partial charge in [0.05, 0.1) is 5.54 Å². The topological polar surface area (TPSA) is 77.0 Å². The van der Waals surface area contributed by atoms with Gasteiger partial charge in [0, 0.05) is 6.04 Å². The lowest BCUT2D eigenvalue weighted by molar-refractivity contribution is 0.383. The molecule has 0 aliphatic carbocycles. The van der Waals surface area contributed by atoms with Gasteiger partial charge in [0.1, 0.15) is 0 Å². The second-order valence-corrected chi connectivity index (χ2v) is 5.80. The van der Waals surface area contributed by atoms with E-state index < -0.39 is 5.54 Å². The van der Waals surface area contributed by atoms with Crippen molar-refractivity contribution >= 4 is 17.4 Å². The van der Waals surface area contributed by atoms with Crippen molar-refractivity contribution in [2.75, 3.05) is 5.32 Å². The number of hydrogen-bond acceptors (Lipinski definition) is 6. The third-order valence-electron chi connectivity index (χ3n) is 2.47. The summed E-state index contributed by atoms with van der Waals surface area (Å²) in [6.45, 7) is 5.74. The van der Waals surface area contributed by atoms with E-state index >= 15 is 0 Å². The number of nitrogens with one attached hydrogen (secondary N) is 1. The van der Waals surface area contributed by atoms with Crippen molar-refractivity contribution in [1.29, 1.82) is 0 Å². The van der Waals surface area contributed by atoms with Crippen LogP contribution in [0.3, 0.4) is 0 Å². The van der Waals surface area contributed by atoms with E-state index in [4.69, 9.17) is 10.2 Å². The number of hydrogen-bond donors (Lipinski definition) is 2. The SMILES string of the molecule is CC(Cc1ccsc1)Nc1nnc(C(C)(C)N)o1. The number of nitrogens with zero attached hydrogens (tertiary/aromatic N) is 2. The third-order valence-corrected chi connectivity index (χ3v) is 3.20. The quantitative estimate of drug-likeness (QED) is 0.868. The maximum atomic E-state index is 5.89. The summed E-state index contributed by atoms with van der Waals surface area (Å²) in [5, 5.41) is 15.3. The molecule has 0 saturated carbocycles. The van der Waals surface area contributed by atoms with Crippen molar-refractivity contribution in [3.05, 3.63) is 28.3 Å². The molecule has 0 aromatic carbocycles. The van der Waals surface area contributed by atoms with Crippen molar-refractivity contribution in [1.82, 2.24) is 10.2 Å². The fourth-order valence-electron chi connectivity index (χ4n) is 1.57. The van der Waals surface area contributed by atoms with Gasteiger partial charge in [-0.25, -0.2) is 0 Å². The molecule has 0 spiro atoms. The van der Waals surface area contributed by atoms with Gasteiger partial charge in [-0.15, -0.1) is 5.10 Å². The molecule has 0 aliphatic rings. The molecule has 0 fully saturated rings. The second-order valence-electron chi connectivity index (χ2n) is 5.02. The van der Waals surface area contributed by atoms with Crippen LogP contribution in [0.4, 0.5) is 6.01 Å². The van der Waals surface area contributed by atoms with Crippen LogP contribution in [0, 0.1) is 0 Å². The number of aromatic nitrogens is 2. The molecule has 18 heavy (non-hydrogen) atoms. The summed E-state index contributed by atoms with van der Waals surface area (Å²) in [5.41, 5.74) is 6.58. The zero-order valence-corrected chi connectivity index (χ0v) is 11.6. The minimum Gasteiger partial charge on any atom is -0.406 e. The normalized spacial score (nSPS) is 13.6. The predicted molar refractivity (Wildman–Crippen MR) is 72.6 cm³/mol. The molecule has 98 valence electrons. The van der Waals surface area contributed by atoms with Gasteiger partial charge in [0.2, 0.25) is 5.89 Å². The van der Waals surface area contributed by atoms with Gasteiger partial charge in [0.15, 0.2) is 0 Å². The van der Waals surface area contributed by atoms with Gasteiger partial charge in [-0.3, -0.25) is 0 Å². The van der Waals surface area contributed by atoms with Gasteiger partial charge in [-0.05, 0) is 49.6 Å². The van der Waals surface area contributed by atoms with Crippen LogP contribution in [0.25, 0.3) is 0 Å². The number of anilines is 1. The van der Waals surface area contributed by atoms with Gasteiger partial charge in [-0.1, -0.05) is 5.10 Å². The molecule has 5 nitrogen and oxygen atoms in total. The summed E-state index contributed by atoms with van der Waals surface area (Å²) in [6.07, 6.45) is 0.924. The smallest absolute Gasteiger partial charge is 0.315 e. The van der Waals surface area contributed by atoms with Gasteiger partial charge in [0.25, 0.3) is 0 Å². The molecule has 2 aromatic heterocycles. The van der Waals surface area contributed by atoms with E-state index in [2.05, 4.69) is 39.3 Å². The van der Waals surface area contributed by atoms with Crippen LogP contribution in [-0.2, 0) is 12.0 Å². The first kappa shape index (κ1) is 13.0. The third kappa shape index (κ3) is 3.30. The Balaban J connectivity index is 1.95. The summed E-state index contributed by atoms with van der Waals surface area (Å²) in [4.78, 5) is 0. The minimum absolute atomic E-state index is 0.230. The average Bonchev–Trinajstić information content (AvgIpc) is 2.87. The predicted octanol–water partition coefficient (Wildman–Crippen LogP) is 2.37. The van der Waals surface area contributed by atoms with E-state index in [9.17, 15) is 0 Å². The summed E-state index contributed by atoms with van der Waals surface area (Å²) >= 11 is 1.70. The van der Waals surface area contributed by atoms with Crippen LogP contribution in [0.2, 0.25) is 0 Å². The first-order chi connectivity index (χ1) is 8.45. The molecular formula is C12H18N4OS. The minimum atomic E-state index is -0.608. The van der Waals surface area contributed by atoms with E-state index in [1.165, 1.54) is 5.56 Å². The highest BCUT2D eigenvalue weighted by Crippen LogP contribution is 2.18. The Hall–Kier alpha value is -1.40. The Bertz CT molecular complexity index is 486. The van der Waals surface area contributed by atoms with Crippen LogP contribution < -0.4 is 11.1 Å². The molecule has 0 bridgehead atoms. The monoisotopic (exact) mass is 266 g/mol. The highest BCUT2D eigenvalue weighted by Gasteiger charge is 2.22. The lowest BCUT2D eigenvalue weighted by atomic mass is 10.1. The zero-order valence-electron chi connectivity index (χ0n) is 10.8. The zero-order chi connectivity index (χ0) is 13.2. The summed E-state index contributed by atoms with van der Waals surface area (Å²) in [7, 11) is 0. The molecule has 2 aromatic rings. The van der Waals surface area contributed by atoms with Crippen molar-refractivity contribution in [2.24, 2.45) is 5.73 Å². The highest BCUT2D eigenvalue weighted by atomic mass is 32.1. The Morgan fingerprint density at radius 1 is 1.50 bits per heavy atom. The van der Waals surface area contributed by atoms with Crippen molar-refractivity contribution in [3.63, 3.8) is 0 Å². The highest BCUT2D eigenvalue weighted by molar-refractivity contribution is 7.07. The second kappa shape index (κ2) is 5.07. The molecule has 0 amide bonds. The standard InChI is InChI=1S/C12H18N4OS/c1-8(6-9-4-5-18-7-9)14-11-16-15-10(17-11)12(2,3)13/h4-5,7-8H,6,13H2,1-3H3,(H,14,16). The molecule has 1 unspecified atom stereocenters. The van der Waals surface area contributed by atoms with Crippen LogP contribution in [0.1, 0.15) is 32.2 Å². The van der Waals surface area contributed by atoms with Crippen LogP contribution in [-0.4, -0.2) is 16.2 Å². The average molecular weight is 266 g/mol. The number of thiophene rings is 1. The van der Waals surface area contributed by atoms with Crippen LogP contribution in [0.5, 0.6) is 0 Å². The van der Waals surface area contributed by atoms with E-state index in [1.54, 1.807) is 11.3 Å². The Labute approximate surface area is 110 Å². The fraction of sp³-hybridized carbons (Fsp3) is 0.500. The Morgan fingerprint density at radius 2 is 2.28 bits per heavy atom. The molecule has 0 saturated heterocycles. The molecular weight excluding hydrogens is 248 g/mol. The molecule has 6 heteroatoms. The fourth-order valence-corrected chi connectivity index (χ4v) is 2.25. The molecule has 3 N–H and O–H groups in total. The molecule has 0 radical (unpaired) electrons. The van der Waals surface area contributed by atoms with Crippen LogP contribution in [0.15, 0.2) is 21.2 Å². The van der Waals surface area contributed by atoms with Crippen molar-refractivity contribution in [3.8, 4) is 0 Å². The number of rotatable bonds is 5. The molecule has 0 aliphatic heterocycles. The summed E-state index contributed by atoms with van der Waals surface area (Å²) in [5.74, 6) is 0.438. The van der Waals surface area contributed by atoms with Gasteiger partial charge < -0.3 is 15.5 Å². The van der Waals surface area contributed by atoms with E-state index in [1.807, 2.05) is 13.8 Å². The first-order valence-electron chi connectivity index (χ1n) is 5.85. The Kier molecular flexibility index (Phi) is 3.68. The van der Waals surface area contributed by atoms with Crippen LogP contribution >= 0.6 is 11.3 Å². The summed E-state index contributed by atoms with van der Waals surface area (Å²) in [6, 6.07) is 2.77. The van der Waals surface area contributed by atoms with Crippen molar-refractivity contribution < 1.29 is 4.42 Å². The lowest BCUT2D eigenvalue weighted by Crippen LogP contribution is -2.29. The Morgan fingerprint density at radius 3 is 2.83 bits per heavy atom. The molecule has 1 atom stereocenters. The van der Waals surface area contributed by atoms with E-state index in [0.717, 1.165) is 6.42 Å². The lowest BCUT2D eigenvalue weighted by Gasteiger charge is -2.12. The first-order valence-corrected chi connectivity index (χ1v) is 6.80. The van der Waals surface area contributed by atoms with E-state index in [0.29, 0.717) is 11.9 Å². The number of nitrogens with two attached hydrogens (primary N) is 1. The van der Waals surface area contributed by atoms with E-state index in [-0.39, 0.29) is 6.04 Å². The maximum absolute atomic E-state index is 5.89. The summed E-state index contributed by atoms with van der Waals surface area (Å²) < 4.78 is 5.48. The van der Waals surface area contributed by atoms with Gasteiger partial charge >= 0.3 is 6.01 Å².